The van der Waals surface area contributed by atoms with Crippen LogP contribution >= 0.6 is 11.6 Å². The number of benzene rings is 1. The number of halogens is 1. The summed E-state index contributed by atoms with van der Waals surface area (Å²) in [6, 6.07) is 5.13. The Morgan fingerprint density at radius 2 is 2.26 bits per heavy atom. The molecule has 1 saturated carbocycles. The average molecular weight is 390 g/mol. The first kappa shape index (κ1) is 17.9. The van der Waals surface area contributed by atoms with Gasteiger partial charge in [-0.2, -0.15) is 5.10 Å². The highest BCUT2D eigenvalue weighted by atomic mass is 35.5. The van der Waals surface area contributed by atoms with E-state index < -0.39 is 11.4 Å². The van der Waals surface area contributed by atoms with Crippen molar-refractivity contribution in [1.29, 1.82) is 0 Å². The molecule has 2 fully saturated rings. The summed E-state index contributed by atoms with van der Waals surface area (Å²) in [6.45, 7) is 1.21. The smallest absolute Gasteiger partial charge is 0.311 e. The largest absolute Gasteiger partial charge is 0.481 e. The minimum absolute atomic E-state index is 0.125. The van der Waals surface area contributed by atoms with Crippen molar-refractivity contribution in [2.24, 2.45) is 11.3 Å². The summed E-state index contributed by atoms with van der Waals surface area (Å²) in [7, 11) is 0. The minimum atomic E-state index is -0.740. The predicted octanol–water partition coefficient (Wildman–Crippen LogP) is 2.05. The number of carbonyl (C=O) groups excluding carboxylic acids is 1. The second kappa shape index (κ2) is 6.94. The van der Waals surface area contributed by atoms with Crippen molar-refractivity contribution in [3.63, 3.8) is 0 Å². The van der Waals surface area contributed by atoms with Crippen LogP contribution in [-0.4, -0.2) is 56.3 Å². The number of fused-ring (bicyclic) bond motifs is 1. The third kappa shape index (κ3) is 3.30. The third-order valence-corrected chi connectivity index (χ3v) is 5.87. The molecule has 8 nitrogen and oxygen atoms in total. The number of likely N-dealkylation sites (tertiary alicyclic amines) is 1. The molecule has 0 radical (unpaired) electrons. The van der Waals surface area contributed by atoms with Gasteiger partial charge in [0.25, 0.3) is 0 Å². The number of carboxylic acid groups (broad SMARTS) is 1. The topological polar surface area (TPSA) is 100 Å². The number of carboxylic acids is 1. The summed E-state index contributed by atoms with van der Waals surface area (Å²) >= 11 is 6.08. The molecule has 0 bridgehead atoms. The number of nitrogens with zero attached hydrogens (tertiary/aromatic N) is 4. The van der Waals surface area contributed by atoms with Gasteiger partial charge in [-0.15, -0.1) is 0 Å². The predicted molar refractivity (Wildman–Crippen MR) is 98.8 cm³/mol. The molecule has 1 aromatic carbocycles. The Bertz CT molecular complexity index is 872. The second-order valence-corrected chi connectivity index (χ2v) is 7.71. The van der Waals surface area contributed by atoms with Crippen LogP contribution in [0, 0.1) is 11.3 Å². The highest BCUT2D eigenvalue weighted by Gasteiger charge is 2.54. The van der Waals surface area contributed by atoms with Gasteiger partial charge in [0.15, 0.2) is 0 Å². The molecule has 27 heavy (non-hydrogen) atoms. The van der Waals surface area contributed by atoms with Gasteiger partial charge in [0.1, 0.15) is 12.7 Å². The number of hydrogen-bond donors (Lipinski definition) is 2. The fraction of sp³-hybridized carbons (Fsp3) is 0.444. The van der Waals surface area contributed by atoms with Crippen molar-refractivity contribution < 1.29 is 14.7 Å². The third-order valence-electron chi connectivity index (χ3n) is 5.63. The Morgan fingerprint density at radius 1 is 1.41 bits per heavy atom. The van der Waals surface area contributed by atoms with Crippen LogP contribution in [0.15, 0.2) is 30.9 Å². The van der Waals surface area contributed by atoms with Crippen molar-refractivity contribution in [2.45, 2.75) is 19.3 Å². The molecule has 2 heterocycles. The van der Waals surface area contributed by atoms with Crippen LogP contribution in [0.25, 0.3) is 5.69 Å². The summed E-state index contributed by atoms with van der Waals surface area (Å²) < 4.78 is 1.55. The van der Waals surface area contributed by atoms with Crippen molar-refractivity contribution >= 4 is 29.2 Å². The molecule has 1 aliphatic heterocycles. The van der Waals surface area contributed by atoms with E-state index in [2.05, 4.69) is 15.4 Å². The zero-order chi connectivity index (χ0) is 19.0. The number of hydrogen-bond acceptors (Lipinski definition) is 5. The lowest BCUT2D eigenvalue weighted by atomic mass is 9.81. The highest BCUT2D eigenvalue weighted by molar-refractivity contribution is 6.31. The molecule has 2 aromatic rings. The van der Waals surface area contributed by atoms with E-state index in [1.54, 1.807) is 22.9 Å². The van der Waals surface area contributed by atoms with Gasteiger partial charge in [-0.3, -0.25) is 14.5 Å². The molecule has 1 aliphatic carbocycles. The molecule has 2 atom stereocenters. The molecule has 0 unspecified atom stereocenters. The number of carbonyl (C=O) groups is 2. The van der Waals surface area contributed by atoms with Gasteiger partial charge in [-0.25, -0.2) is 9.67 Å². The van der Waals surface area contributed by atoms with Gasteiger partial charge in [-0.1, -0.05) is 18.0 Å². The Morgan fingerprint density at radius 3 is 2.96 bits per heavy atom. The normalized spacial score (nSPS) is 24.7. The van der Waals surface area contributed by atoms with Crippen molar-refractivity contribution in [3.05, 3.63) is 35.9 Å². The number of rotatable bonds is 5. The molecule has 1 aromatic heterocycles. The molecule has 1 saturated heterocycles. The summed E-state index contributed by atoms with van der Waals surface area (Å²) in [5.41, 5.74) is 0.498. The summed E-state index contributed by atoms with van der Waals surface area (Å²) in [4.78, 5) is 30.3. The lowest BCUT2D eigenvalue weighted by Crippen LogP contribution is -2.37. The van der Waals surface area contributed by atoms with Gasteiger partial charge >= 0.3 is 5.97 Å². The van der Waals surface area contributed by atoms with Crippen molar-refractivity contribution in [2.75, 3.05) is 25.0 Å². The standard InChI is InChI=1S/C18H20ClN5O3/c19-13-3-4-15(24-11-20-10-21-24)14(6-13)22-16(25)8-23-7-12-2-1-5-18(12,9-23)17(26)27/h3-4,6,10-12H,1-2,5,7-9H2,(H,22,25)(H,26,27)/t12-,18+/m0/s1. The van der Waals surface area contributed by atoms with Crippen LogP contribution < -0.4 is 5.32 Å². The summed E-state index contributed by atoms with van der Waals surface area (Å²) in [5, 5.41) is 17.1. The van der Waals surface area contributed by atoms with Crippen LogP contribution in [0.1, 0.15) is 19.3 Å². The first-order valence-corrected chi connectivity index (χ1v) is 9.26. The van der Waals surface area contributed by atoms with E-state index in [0.717, 1.165) is 12.8 Å². The molecule has 1 amide bonds. The van der Waals surface area contributed by atoms with Crippen LogP contribution in [0.2, 0.25) is 5.02 Å². The van der Waals surface area contributed by atoms with E-state index in [1.165, 1.54) is 12.7 Å². The molecular formula is C18H20ClN5O3. The number of nitrogens with one attached hydrogen (secondary N) is 1. The van der Waals surface area contributed by atoms with Crippen molar-refractivity contribution in [3.8, 4) is 5.69 Å². The summed E-state index contributed by atoms with van der Waals surface area (Å²) in [5.74, 6) is -0.824. The maximum Gasteiger partial charge on any atom is 0.311 e. The fourth-order valence-electron chi connectivity index (χ4n) is 4.40. The Labute approximate surface area is 161 Å². The maximum atomic E-state index is 12.6. The molecule has 9 heteroatoms. The van der Waals surface area contributed by atoms with E-state index in [1.807, 2.05) is 4.90 Å². The van der Waals surface area contributed by atoms with Gasteiger partial charge in [-0.05, 0) is 37.0 Å². The van der Waals surface area contributed by atoms with E-state index >= 15 is 0 Å². The maximum absolute atomic E-state index is 12.6. The zero-order valence-electron chi connectivity index (χ0n) is 14.6. The van der Waals surface area contributed by atoms with E-state index in [4.69, 9.17) is 11.6 Å². The molecule has 4 rings (SSSR count). The fourth-order valence-corrected chi connectivity index (χ4v) is 4.57. The number of amides is 1. The minimum Gasteiger partial charge on any atom is -0.481 e. The van der Waals surface area contributed by atoms with Gasteiger partial charge < -0.3 is 10.4 Å². The molecule has 0 spiro atoms. The number of aliphatic carboxylic acids is 1. The molecule has 142 valence electrons. The quantitative estimate of drug-likeness (QED) is 0.811. The summed E-state index contributed by atoms with van der Waals surface area (Å²) in [6.07, 6.45) is 5.50. The lowest BCUT2D eigenvalue weighted by Gasteiger charge is -2.23. The SMILES string of the molecule is O=C(CN1C[C@@H]2CCC[C@@]2(C(=O)O)C1)Nc1cc(Cl)ccc1-n1cncn1. The average Bonchev–Trinajstić information content (AvgIpc) is 3.30. The van der Waals surface area contributed by atoms with Crippen LogP contribution in [0.3, 0.4) is 0 Å². The Kier molecular flexibility index (Phi) is 4.61. The van der Waals surface area contributed by atoms with Crippen LogP contribution in [0.4, 0.5) is 5.69 Å². The van der Waals surface area contributed by atoms with Crippen LogP contribution in [-0.2, 0) is 9.59 Å². The Balaban J connectivity index is 1.47. The van der Waals surface area contributed by atoms with Crippen LogP contribution in [0.5, 0.6) is 0 Å². The highest BCUT2D eigenvalue weighted by Crippen LogP contribution is 2.48. The first-order chi connectivity index (χ1) is 13.0. The number of aromatic nitrogens is 3. The number of anilines is 1. The van der Waals surface area contributed by atoms with Gasteiger partial charge in [0.05, 0.1) is 23.3 Å². The monoisotopic (exact) mass is 389 g/mol. The van der Waals surface area contributed by atoms with Crippen molar-refractivity contribution in [1.82, 2.24) is 19.7 Å². The van der Waals surface area contributed by atoms with E-state index in [0.29, 0.717) is 35.9 Å². The lowest BCUT2D eigenvalue weighted by molar-refractivity contribution is -0.149. The second-order valence-electron chi connectivity index (χ2n) is 7.27. The first-order valence-electron chi connectivity index (χ1n) is 8.88. The molecule has 2 N–H and O–H groups in total. The van der Waals surface area contributed by atoms with E-state index in [9.17, 15) is 14.7 Å². The Hall–Kier alpha value is -2.45. The molecule has 2 aliphatic rings. The van der Waals surface area contributed by atoms with E-state index in [-0.39, 0.29) is 18.4 Å². The van der Waals surface area contributed by atoms with Gasteiger partial charge in [0.2, 0.25) is 5.91 Å². The molecular weight excluding hydrogens is 370 g/mol. The zero-order valence-corrected chi connectivity index (χ0v) is 15.4. The van der Waals surface area contributed by atoms with Gasteiger partial charge in [0, 0.05) is 18.1 Å².